The van der Waals surface area contributed by atoms with Crippen LogP contribution in [0, 0.1) is 5.92 Å². The summed E-state index contributed by atoms with van der Waals surface area (Å²) < 4.78 is 0. The van der Waals surface area contributed by atoms with E-state index < -0.39 is 17.9 Å². The molecule has 0 spiro atoms. The van der Waals surface area contributed by atoms with Crippen LogP contribution in [0.2, 0.25) is 0 Å². The SMILES string of the molecule is CCSCCC(C(=O)O)C(=O)O. The van der Waals surface area contributed by atoms with Gasteiger partial charge in [-0.05, 0) is 17.9 Å². The summed E-state index contributed by atoms with van der Waals surface area (Å²) in [6.45, 7) is 1.95. The zero-order valence-electron chi connectivity index (χ0n) is 6.82. The Morgan fingerprint density at radius 2 is 1.83 bits per heavy atom. The van der Waals surface area contributed by atoms with E-state index in [0.717, 1.165) is 5.75 Å². The molecule has 5 heteroatoms. The van der Waals surface area contributed by atoms with Crippen LogP contribution in [-0.2, 0) is 9.59 Å². The molecule has 70 valence electrons. The minimum absolute atomic E-state index is 0.198. The average Bonchev–Trinajstić information content (AvgIpc) is 1.96. The van der Waals surface area contributed by atoms with Gasteiger partial charge in [0.2, 0.25) is 0 Å². The summed E-state index contributed by atoms with van der Waals surface area (Å²) in [6.07, 6.45) is 0.198. The molecular formula is C7H12O4S. The summed E-state index contributed by atoms with van der Waals surface area (Å²) in [4.78, 5) is 20.7. The Morgan fingerprint density at radius 1 is 1.33 bits per heavy atom. The summed E-state index contributed by atoms with van der Waals surface area (Å²) in [5.41, 5.74) is 0. The van der Waals surface area contributed by atoms with Crippen molar-refractivity contribution in [3.8, 4) is 0 Å². The summed E-state index contributed by atoms with van der Waals surface area (Å²) in [5, 5.41) is 16.9. The second kappa shape index (κ2) is 5.88. The number of aliphatic carboxylic acids is 2. The molecule has 0 aliphatic rings. The monoisotopic (exact) mass is 192 g/mol. The molecule has 0 saturated heterocycles. The fourth-order valence-corrected chi connectivity index (χ4v) is 1.39. The van der Waals surface area contributed by atoms with Crippen molar-refractivity contribution >= 4 is 23.7 Å². The van der Waals surface area contributed by atoms with Crippen LogP contribution in [0.5, 0.6) is 0 Å². The van der Waals surface area contributed by atoms with Gasteiger partial charge in [-0.3, -0.25) is 9.59 Å². The fraction of sp³-hybridized carbons (Fsp3) is 0.714. The zero-order chi connectivity index (χ0) is 9.56. The highest BCUT2D eigenvalue weighted by Crippen LogP contribution is 2.09. The summed E-state index contributed by atoms with van der Waals surface area (Å²) >= 11 is 1.54. The van der Waals surface area contributed by atoms with Gasteiger partial charge in [0, 0.05) is 0 Å². The highest BCUT2D eigenvalue weighted by molar-refractivity contribution is 7.99. The Morgan fingerprint density at radius 3 is 2.17 bits per heavy atom. The van der Waals surface area contributed by atoms with Crippen molar-refractivity contribution in [1.82, 2.24) is 0 Å². The molecule has 0 aromatic rings. The minimum Gasteiger partial charge on any atom is -0.481 e. The standard InChI is InChI=1S/C7H12O4S/c1-2-12-4-3-5(6(8)9)7(10)11/h5H,2-4H2,1H3,(H,8,9)(H,10,11). The molecule has 0 aliphatic heterocycles. The van der Waals surface area contributed by atoms with Gasteiger partial charge >= 0.3 is 11.9 Å². The Hall–Kier alpha value is -0.710. The molecule has 0 aromatic heterocycles. The first-order valence-corrected chi connectivity index (χ1v) is 4.78. The van der Waals surface area contributed by atoms with Gasteiger partial charge in [-0.1, -0.05) is 6.92 Å². The second-order valence-electron chi connectivity index (χ2n) is 2.21. The van der Waals surface area contributed by atoms with Crippen molar-refractivity contribution in [2.75, 3.05) is 11.5 Å². The molecule has 0 unspecified atom stereocenters. The van der Waals surface area contributed by atoms with E-state index in [1.807, 2.05) is 6.92 Å². The molecule has 0 rings (SSSR count). The highest BCUT2D eigenvalue weighted by Gasteiger charge is 2.24. The third kappa shape index (κ3) is 4.23. The van der Waals surface area contributed by atoms with Crippen molar-refractivity contribution in [1.29, 1.82) is 0 Å². The van der Waals surface area contributed by atoms with Crippen LogP contribution in [0.1, 0.15) is 13.3 Å². The number of hydrogen-bond donors (Lipinski definition) is 2. The molecule has 0 fully saturated rings. The van der Waals surface area contributed by atoms with E-state index in [1.54, 1.807) is 11.8 Å². The number of rotatable bonds is 6. The lowest BCUT2D eigenvalue weighted by atomic mass is 10.1. The topological polar surface area (TPSA) is 74.6 Å². The summed E-state index contributed by atoms with van der Waals surface area (Å²) in [6, 6.07) is 0. The Kier molecular flexibility index (Phi) is 5.53. The molecule has 0 aliphatic carbocycles. The van der Waals surface area contributed by atoms with Gasteiger partial charge in [-0.15, -0.1) is 0 Å². The van der Waals surface area contributed by atoms with E-state index in [9.17, 15) is 9.59 Å². The van der Waals surface area contributed by atoms with E-state index in [-0.39, 0.29) is 6.42 Å². The lowest BCUT2D eigenvalue weighted by Gasteiger charge is -2.05. The fourth-order valence-electron chi connectivity index (χ4n) is 0.698. The van der Waals surface area contributed by atoms with Crippen LogP contribution in [0.3, 0.4) is 0 Å². The van der Waals surface area contributed by atoms with E-state index in [4.69, 9.17) is 10.2 Å². The van der Waals surface area contributed by atoms with Crippen LogP contribution in [0.25, 0.3) is 0 Å². The first kappa shape index (κ1) is 11.3. The van der Waals surface area contributed by atoms with Gasteiger partial charge in [0.1, 0.15) is 0 Å². The number of carbonyl (C=O) groups is 2. The normalized spacial score (nSPS) is 10.2. The van der Waals surface area contributed by atoms with Gasteiger partial charge in [0.25, 0.3) is 0 Å². The molecular weight excluding hydrogens is 180 g/mol. The van der Waals surface area contributed by atoms with Crippen LogP contribution in [-0.4, -0.2) is 33.7 Å². The second-order valence-corrected chi connectivity index (χ2v) is 3.61. The van der Waals surface area contributed by atoms with Crippen molar-refractivity contribution in [3.63, 3.8) is 0 Å². The molecule has 0 bridgehead atoms. The maximum absolute atomic E-state index is 10.3. The lowest BCUT2D eigenvalue weighted by molar-refractivity contribution is -0.154. The van der Waals surface area contributed by atoms with Crippen LogP contribution < -0.4 is 0 Å². The smallest absolute Gasteiger partial charge is 0.317 e. The molecule has 0 aromatic carbocycles. The molecule has 0 radical (unpaired) electrons. The van der Waals surface area contributed by atoms with E-state index >= 15 is 0 Å². The number of carboxylic acids is 2. The van der Waals surface area contributed by atoms with Crippen LogP contribution in [0.4, 0.5) is 0 Å². The Bertz CT molecular complexity index is 155. The van der Waals surface area contributed by atoms with E-state index in [1.165, 1.54) is 0 Å². The number of thioether (sulfide) groups is 1. The van der Waals surface area contributed by atoms with Crippen LogP contribution >= 0.6 is 11.8 Å². The van der Waals surface area contributed by atoms with E-state index in [2.05, 4.69) is 0 Å². The molecule has 0 heterocycles. The average molecular weight is 192 g/mol. The van der Waals surface area contributed by atoms with Crippen molar-refractivity contribution < 1.29 is 19.8 Å². The van der Waals surface area contributed by atoms with Gasteiger partial charge < -0.3 is 10.2 Å². The maximum Gasteiger partial charge on any atom is 0.317 e. The van der Waals surface area contributed by atoms with E-state index in [0.29, 0.717) is 5.75 Å². The van der Waals surface area contributed by atoms with Crippen LogP contribution in [0.15, 0.2) is 0 Å². The van der Waals surface area contributed by atoms with Gasteiger partial charge in [-0.2, -0.15) is 11.8 Å². The number of carboxylic acid groups (broad SMARTS) is 2. The summed E-state index contributed by atoms with van der Waals surface area (Å²) in [5.74, 6) is -2.28. The van der Waals surface area contributed by atoms with Gasteiger partial charge in [0.15, 0.2) is 5.92 Å². The molecule has 2 N–H and O–H groups in total. The molecule has 12 heavy (non-hydrogen) atoms. The predicted octanol–water partition coefficient (Wildman–Crippen LogP) is 0.915. The molecule has 4 nitrogen and oxygen atoms in total. The Balaban J connectivity index is 3.80. The van der Waals surface area contributed by atoms with Gasteiger partial charge in [-0.25, -0.2) is 0 Å². The quantitative estimate of drug-likeness (QED) is 0.483. The minimum atomic E-state index is -1.25. The Labute approximate surface area is 75.0 Å². The zero-order valence-corrected chi connectivity index (χ0v) is 7.63. The first-order chi connectivity index (χ1) is 5.59. The van der Waals surface area contributed by atoms with Crippen molar-refractivity contribution in [3.05, 3.63) is 0 Å². The molecule has 0 atom stereocenters. The third-order valence-corrected chi connectivity index (χ3v) is 2.28. The largest absolute Gasteiger partial charge is 0.481 e. The van der Waals surface area contributed by atoms with Gasteiger partial charge in [0.05, 0.1) is 0 Å². The highest BCUT2D eigenvalue weighted by atomic mass is 32.2. The summed E-state index contributed by atoms with van der Waals surface area (Å²) in [7, 11) is 0. The maximum atomic E-state index is 10.3. The first-order valence-electron chi connectivity index (χ1n) is 3.63. The van der Waals surface area contributed by atoms with Crippen molar-refractivity contribution in [2.24, 2.45) is 5.92 Å². The molecule has 0 saturated carbocycles. The van der Waals surface area contributed by atoms with Crippen molar-refractivity contribution in [2.45, 2.75) is 13.3 Å². The molecule has 0 amide bonds. The number of hydrogen-bond acceptors (Lipinski definition) is 3. The lowest BCUT2D eigenvalue weighted by Crippen LogP contribution is -2.23. The predicted molar refractivity (Wildman–Crippen MR) is 46.4 cm³/mol. The third-order valence-electron chi connectivity index (χ3n) is 1.35.